The number of hydrogen-bond acceptors (Lipinski definition) is 8. The molecule has 3 rings (SSSR count). The maximum Gasteiger partial charge on any atom is 0.343 e. The summed E-state index contributed by atoms with van der Waals surface area (Å²) in [5.41, 5.74) is -1.50. The van der Waals surface area contributed by atoms with Crippen molar-refractivity contribution >= 4 is 22.6 Å². The summed E-state index contributed by atoms with van der Waals surface area (Å²) >= 11 is 0. The molecule has 0 amide bonds. The van der Waals surface area contributed by atoms with Crippen LogP contribution in [0.5, 0.6) is 11.5 Å². The molecule has 0 fully saturated rings. The van der Waals surface area contributed by atoms with Gasteiger partial charge in [0.2, 0.25) is 11.2 Å². The molecular formula is C18H20N2O8. The molecule has 0 radical (unpaired) electrons. The van der Waals surface area contributed by atoms with Crippen molar-refractivity contribution in [1.82, 2.24) is 4.98 Å². The molecule has 1 atom stereocenters. The summed E-state index contributed by atoms with van der Waals surface area (Å²) in [6, 6.07) is 1.44. The smallest absolute Gasteiger partial charge is 0.343 e. The van der Waals surface area contributed by atoms with Crippen molar-refractivity contribution in [1.29, 1.82) is 0 Å². The maximum absolute atomic E-state index is 12.8. The van der Waals surface area contributed by atoms with E-state index in [1.165, 1.54) is 12.3 Å². The molecule has 28 heavy (non-hydrogen) atoms. The van der Waals surface area contributed by atoms with Gasteiger partial charge >= 0.3 is 11.7 Å². The lowest BCUT2D eigenvalue weighted by Crippen LogP contribution is -2.34. The maximum atomic E-state index is 12.8. The summed E-state index contributed by atoms with van der Waals surface area (Å²) in [4.78, 5) is 38.7. The Kier molecular flexibility index (Phi) is 5.78. The number of fused-ring (bicyclic) bond motifs is 2. The standard InChI is InChI=1S/C18H20N2O8/c1-3-5-26-18(22)11-7-19-12-6-13-17(15(20(23)24)14(12)16(11)21)27-9-10(28-13)8-25-4-2/h6-7,10H,3-5,8-9H2,1-2H3,(H,19,21). The zero-order chi connectivity index (χ0) is 20.3. The summed E-state index contributed by atoms with van der Waals surface area (Å²) in [6.45, 7) is 4.58. The third-order valence-corrected chi connectivity index (χ3v) is 4.12. The first-order valence-corrected chi connectivity index (χ1v) is 8.89. The van der Waals surface area contributed by atoms with E-state index in [0.717, 1.165) is 0 Å². The van der Waals surface area contributed by atoms with Gasteiger partial charge in [0, 0.05) is 18.9 Å². The van der Waals surface area contributed by atoms with E-state index < -0.39 is 28.1 Å². The van der Waals surface area contributed by atoms with Crippen LogP contribution in [0.15, 0.2) is 17.1 Å². The van der Waals surface area contributed by atoms with Crippen molar-refractivity contribution in [3.05, 3.63) is 38.2 Å². The molecule has 0 saturated carbocycles. The van der Waals surface area contributed by atoms with Crippen molar-refractivity contribution in [3.63, 3.8) is 0 Å². The molecule has 1 aliphatic rings. The van der Waals surface area contributed by atoms with Gasteiger partial charge in [-0.15, -0.1) is 0 Å². The van der Waals surface area contributed by atoms with Crippen LogP contribution in [0.4, 0.5) is 5.69 Å². The molecule has 1 unspecified atom stereocenters. The minimum Gasteiger partial charge on any atom is -0.480 e. The average molecular weight is 392 g/mol. The highest BCUT2D eigenvalue weighted by Crippen LogP contribution is 2.44. The molecule has 2 aromatic rings. The minimum atomic E-state index is -0.842. The molecule has 0 spiro atoms. The second-order valence-corrected chi connectivity index (χ2v) is 6.11. The van der Waals surface area contributed by atoms with Crippen LogP contribution in [0.3, 0.4) is 0 Å². The fourth-order valence-corrected chi connectivity index (χ4v) is 2.87. The van der Waals surface area contributed by atoms with Gasteiger partial charge in [0.1, 0.15) is 17.6 Å². The predicted octanol–water partition coefficient (Wildman–Crippen LogP) is 2.18. The number of hydrogen-bond donors (Lipinski definition) is 1. The molecule has 0 aliphatic carbocycles. The Morgan fingerprint density at radius 1 is 1.43 bits per heavy atom. The fraction of sp³-hybridized carbons (Fsp3) is 0.444. The number of aromatic nitrogens is 1. The number of rotatable bonds is 7. The summed E-state index contributed by atoms with van der Waals surface area (Å²) < 4.78 is 21.5. The summed E-state index contributed by atoms with van der Waals surface area (Å²) in [5, 5.41) is 11.5. The fourth-order valence-electron chi connectivity index (χ4n) is 2.87. The lowest BCUT2D eigenvalue weighted by Gasteiger charge is -2.26. The Labute approximate surface area is 159 Å². The Hall–Kier alpha value is -3.14. The Morgan fingerprint density at radius 3 is 2.89 bits per heavy atom. The average Bonchev–Trinajstić information content (AvgIpc) is 2.68. The number of nitro groups is 1. The van der Waals surface area contributed by atoms with E-state index in [0.29, 0.717) is 13.0 Å². The highest BCUT2D eigenvalue weighted by atomic mass is 16.6. The van der Waals surface area contributed by atoms with Gasteiger partial charge < -0.3 is 23.9 Å². The largest absolute Gasteiger partial charge is 0.480 e. The van der Waals surface area contributed by atoms with E-state index in [1.54, 1.807) is 0 Å². The van der Waals surface area contributed by atoms with Crippen LogP contribution < -0.4 is 14.9 Å². The number of benzene rings is 1. The minimum absolute atomic E-state index is 0.0372. The summed E-state index contributed by atoms with van der Waals surface area (Å²) in [7, 11) is 0. The number of ether oxygens (including phenoxy) is 4. The van der Waals surface area contributed by atoms with Gasteiger partial charge in [-0.2, -0.15) is 0 Å². The zero-order valence-electron chi connectivity index (χ0n) is 15.5. The van der Waals surface area contributed by atoms with Crippen LogP contribution in [0.2, 0.25) is 0 Å². The van der Waals surface area contributed by atoms with E-state index >= 15 is 0 Å². The molecule has 1 aliphatic heterocycles. The zero-order valence-corrected chi connectivity index (χ0v) is 15.5. The highest BCUT2D eigenvalue weighted by molar-refractivity contribution is 5.99. The summed E-state index contributed by atoms with van der Waals surface area (Å²) in [6.07, 6.45) is 1.33. The van der Waals surface area contributed by atoms with Gasteiger partial charge in [-0.1, -0.05) is 6.92 Å². The normalized spacial score (nSPS) is 15.4. The predicted molar refractivity (Wildman–Crippen MR) is 98.2 cm³/mol. The third kappa shape index (κ3) is 3.63. The Balaban J connectivity index is 2.11. The van der Waals surface area contributed by atoms with Gasteiger partial charge in [0.05, 0.1) is 23.7 Å². The first-order chi connectivity index (χ1) is 13.5. The quantitative estimate of drug-likeness (QED) is 0.431. The van der Waals surface area contributed by atoms with Gasteiger partial charge in [-0.05, 0) is 13.3 Å². The number of nitrogens with one attached hydrogen (secondary N) is 1. The SMILES string of the molecule is CCCOC(=O)c1c[nH]c2cc3c(c([N+](=O)[O-])c2c1=O)OCC(COCC)O3. The van der Waals surface area contributed by atoms with Crippen LogP contribution in [0.1, 0.15) is 30.6 Å². The van der Waals surface area contributed by atoms with Crippen LogP contribution in [0, 0.1) is 10.1 Å². The van der Waals surface area contributed by atoms with Gasteiger partial charge in [-0.25, -0.2) is 4.79 Å². The molecule has 0 saturated heterocycles. The number of H-pyrrole nitrogens is 1. The van der Waals surface area contributed by atoms with Gasteiger partial charge in [0.15, 0.2) is 11.9 Å². The number of aromatic amines is 1. The molecule has 1 N–H and O–H groups in total. The van der Waals surface area contributed by atoms with Crippen LogP contribution in [-0.2, 0) is 9.47 Å². The van der Waals surface area contributed by atoms with E-state index in [9.17, 15) is 19.7 Å². The molecule has 10 nitrogen and oxygen atoms in total. The Morgan fingerprint density at radius 2 is 2.21 bits per heavy atom. The van der Waals surface area contributed by atoms with Gasteiger partial charge in [0.25, 0.3) is 0 Å². The molecular weight excluding hydrogens is 372 g/mol. The highest BCUT2D eigenvalue weighted by Gasteiger charge is 2.33. The van der Waals surface area contributed by atoms with Crippen LogP contribution >= 0.6 is 0 Å². The summed E-state index contributed by atoms with van der Waals surface area (Å²) in [5.74, 6) is -0.854. The van der Waals surface area contributed by atoms with E-state index in [4.69, 9.17) is 18.9 Å². The lowest BCUT2D eigenvalue weighted by atomic mass is 10.1. The van der Waals surface area contributed by atoms with Crippen molar-refractivity contribution in [2.24, 2.45) is 0 Å². The van der Waals surface area contributed by atoms with Crippen molar-refractivity contribution in [2.45, 2.75) is 26.4 Å². The van der Waals surface area contributed by atoms with Crippen molar-refractivity contribution in [3.8, 4) is 11.5 Å². The third-order valence-electron chi connectivity index (χ3n) is 4.12. The van der Waals surface area contributed by atoms with Crippen LogP contribution in [-0.4, -0.2) is 48.4 Å². The molecule has 1 aromatic heterocycles. The first-order valence-electron chi connectivity index (χ1n) is 8.89. The molecule has 10 heteroatoms. The Bertz CT molecular complexity index is 968. The number of esters is 1. The molecule has 2 heterocycles. The van der Waals surface area contributed by atoms with Crippen molar-refractivity contribution < 1.29 is 28.7 Å². The number of nitro benzene ring substituents is 1. The van der Waals surface area contributed by atoms with Crippen molar-refractivity contribution in [2.75, 3.05) is 26.4 Å². The lowest BCUT2D eigenvalue weighted by molar-refractivity contribution is -0.384. The number of carbonyl (C=O) groups excluding carboxylic acids is 1. The topological polar surface area (TPSA) is 130 Å². The van der Waals surface area contributed by atoms with Crippen LogP contribution in [0.25, 0.3) is 10.9 Å². The van der Waals surface area contributed by atoms with E-state index in [-0.39, 0.29) is 47.8 Å². The van der Waals surface area contributed by atoms with E-state index in [1.807, 2.05) is 13.8 Å². The van der Waals surface area contributed by atoms with E-state index in [2.05, 4.69) is 4.98 Å². The number of pyridine rings is 1. The monoisotopic (exact) mass is 392 g/mol. The molecule has 1 aromatic carbocycles. The first kappa shape index (κ1) is 19.6. The number of carbonyl (C=O) groups is 1. The van der Waals surface area contributed by atoms with Gasteiger partial charge in [-0.3, -0.25) is 14.9 Å². The second kappa shape index (κ2) is 8.26. The second-order valence-electron chi connectivity index (χ2n) is 6.11. The molecule has 0 bridgehead atoms. The molecule has 150 valence electrons. The number of nitrogens with zero attached hydrogens (tertiary/aromatic N) is 1.